The molecule has 7 nitrogen and oxygen atoms in total. The van der Waals surface area contributed by atoms with Crippen LogP contribution >= 0.6 is 11.6 Å². The molecule has 146 valence electrons. The average molecular weight is 413 g/mol. The van der Waals surface area contributed by atoms with Crippen LogP contribution in [-0.4, -0.2) is 27.7 Å². The van der Waals surface area contributed by atoms with E-state index in [1.165, 1.54) is 18.2 Å². The minimum atomic E-state index is -3.91. The molecule has 2 rings (SSSR count). The molecule has 0 heterocycles. The van der Waals surface area contributed by atoms with Crippen molar-refractivity contribution in [3.63, 3.8) is 0 Å². The van der Waals surface area contributed by atoms with Crippen LogP contribution in [0.15, 0.2) is 41.3 Å². The largest absolute Gasteiger partial charge is 0.492 e. The van der Waals surface area contributed by atoms with Gasteiger partial charge in [-0.1, -0.05) is 17.7 Å². The summed E-state index contributed by atoms with van der Waals surface area (Å²) >= 11 is 6.04. The van der Waals surface area contributed by atoms with Gasteiger partial charge in [0.1, 0.15) is 5.75 Å². The van der Waals surface area contributed by atoms with Crippen molar-refractivity contribution in [2.45, 2.75) is 25.7 Å². The molecular formula is C18H21ClN2O5S. The first-order chi connectivity index (χ1) is 12.8. The fraction of sp³-hybridized carbons (Fsp3) is 0.278. The molecule has 0 spiro atoms. The van der Waals surface area contributed by atoms with Gasteiger partial charge in [0.2, 0.25) is 0 Å². The molecule has 2 N–H and O–H groups in total. The summed E-state index contributed by atoms with van der Waals surface area (Å²) in [4.78, 5) is 11.7. The Morgan fingerprint density at radius 1 is 1.11 bits per heavy atom. The highest BCUT2D eigenvalue weighted by atomic mass is 35.5. The van der Waals surface area contributed by atoms with Gasteiger partial charge in [0.15, 0.2) is 0 Å². The van der Waals surface area contributed by atoms with E-state index in [9.17, 15) is 13.2 Å². The standard InChI is InChI=1S/C18H21ClN2O5S/c1-4-25-17-10-9-13(11-16(17)20-18(22)26-5-2)27(23,24)21-15-8-6-7-14(19)12(15)3/h6-11,21H,4-5H2,1-3H3,(H,20,22). The first kappa shape index (κ1) is 20.9. The number of hydrogen-bond donors (Lipinski definition) is 2. The van der Waals surface area contributed by atoms with Crippen molar-refractivity contribution in [3.8, 4) is 5.75 Å². The molecule has 0 aliphatic heterocycles. The Hall–Kier alpha value is -2.45. The molecule has 0 fully saturated rings. The lowest BCUT2D eigenvalue weighted by Crippen LogP contribution is -2.17. The molecule has 2 aromatic rings. The molecule has 1 amide bonds. The van der Waals surface area contributed by atoms with E-state index < -0.39 is 16.1 Å². The lowest BCUT2D eigenvalue weighted by Gasteiger charge is -2.15. The van der Waals surface area contributed by atoms with Crippen LogP contribution in [0.1, 0.15) is 19.4 Å². The van der Waals surface area contributed by atoms with Crippen molar-refractivity contribution in [2.75, 3.05) is 23.3 Å². The van der Waals surface area contributed by atoms with Crippen LogP contribution in [0.5, 0.6) is 5.75 Å². The number of anilines is 2. The summed E-state index contributed by atoms with van der Waals surface area (Å²) in [6, 6.07) is 9.12. The number of halogens is 1. The van der Waals surface area contributed by atoms with Crippen LogP contribution in [0.25, 0.3) is 0 Å². The molecular weight excluding hydrogens is 392 g/mol. The van der Waals surface area contributed by atoms with Crippen molar-refractivity contribution in [1.82, 2.24) is 0 Å². The Bertz CT molecular complexity index is 931. The second-order valence-electron chi connectivity index (χ2n) is 5.45. The highest BCUT2D eigenvalue weighted by molar-refractivity contribution is 7.92. The molecule has 0 saturated carbocycles. The number of rotatable bonds is 7. The van der Waals surface area contributed by atoms with Crippen molar-refractivity contribution in [3.05, 3.63) is 47.0 Å². The monoisotopic (exact) mass is 412 g/mol. The van der Waals surface area contributed by atoms with E-state index in [2.05, 4.69) is 10.0 Å². The Labute approximate surface area is 163 Å². The predicted octanol–water partition coefficient (Wildman–Crippen LogP) is 4.42. The topological polar surface area (TPSA) is 93.7 Å². The second kappa shape index (κ2) is 8.96. The maximum atomic E-state index is 12.8. The van der Waals surface area contributed by atoms with Gasteiger partial charge in [-0.25, -0.2) is 13.2 Å². The number of carbonyl (C=O) groups excluding carboxylic acids is 1. The van der Waals surface area contributed by atoms with Gasteiger partial charge in [-0.05, 0) is 56.7 Å². The normalized spacial score (nSPS) is 11.0. The second-order valence-corrected chi connectivity index (χ2v) is 7.54. The van der Waals surface area contributed by atoms with Crippen LogP contribution in [0.2, 0.25) is 5.02 Å². The van der Waals surface area contributed by atoms with Crippen LogP contribution in [0, 0.1) is 6.92 Å². The predicted molar refractivity (Wildman–Crippen MR) is 105 cm³/mol. The zero-order chi connectivity index (χ0) is 20.0. The van der Waals surface area contributed by atoms with Gasteiger partial charge >= 0.3 is 6.09 Å². The third-order valence-electron chi connectivity index (χ3n) is 3.59. The van der Waals surface area contributed by atoms with Crippen LogP contribution in [0.4, 0.5) is 16.2 Å². The fourth-order valence-corrected chi connectivity index (χ4v) is 3.58. The highest BCUT2D eigenvalue weighted by Crippen LogP contribution is 2.30. The molecule has 0 aliphatic rings. The number of carbonyl (C=O) groups is 1. The van der Waals surface area contributed by atoms with Crippen molar-refractivity contribution >= 4 is 39.1 Å². The van der Waals surface area contributed by atoms with Gasteiger partial charge in [-0.15, -0.1) is 0 Å². The zero-order valence-electron chi connectivity index (χ0n) is 15.2. The quantitative estimate of drug-likeness (QED) is 0.702. The van der Waals surface area contributed by atoms with Gasteiger partial charge in [-0.2, -0.15) is 0 Å². The Morgan fingerprint density at radius 2 is 1.85 bits per heavy atom. The summed E-state index contributed by atoms with van der Waals surface area (Å²) in [5.74, 6) is 0.337. The lowest BCUT2D eigenvalue weighted by atomic mass is 10.2. The molecule has 0 atom stereocenters. The van der Waals surface area contributed by atoms with E-state index >= 15 is 0 Å². The van der Waals surface area contributed by atoms with E-state index in [0.717, 1.165) is 0 Å². The van der Waals surface area contributed by atoms with E-state index in [0.29, 0.717) is 28.6 Å². The summed E-state index contributed by atoms with van der Waals surface area (Å²) in [6.45, 7) is 5.70. The summed E-state index contributed by atoms with van der Waals surface area (Å²) in [5, 5.41) is 2.94. The number of benzene rings is 2. The van der Waals surface area contributed by atoms with Crippen LogP contribution in [-0.2, 0) is 14.8 Å². The molecule has 0 aromatic heterocycles. The molecule has 27 heavy (non-hydrogen) atoms. The fourth-order valence-electron chi connectivity index (χ4n) is 2.25. The maximum Gasteiger partial charge on any atom is 0.411 e. The molecule has 0 unspecified atom stereocenters. The molecule has 0 bridgehead atoms. The summed E-state index contributed by atoms with van der Waals surface area (Å²) in [5.41, 5.74) is 1.18. The minimum absolute atomic E-state index is 0.0443. The van der Waals surface area contributed by atoms with Crippen LogP contribution in [0.3, 0.4) is 0 Å². The van der Waals surface area contributed by atoms with Gasteiger partial charge in [0.05, 0.1) is 29.5 Å². The molecule has 2 aromatic carbocycles. The van der Waals surface area contributed by atoms with Crippen molar-refractivity contribution < 1.29 is 22.7 Å². The third-order valence-corrected chi connectivity index (χ3v) is 5.36. The Balaban J connectivity index is 2.38. The van der Waals surface area contributed by atoms with Crippen molar-refractivity contribution in [1.29, 1.82) is 0 Å². The molecule has 0 saturated heterocycles. The smallest absolute Gasteiger partial charge is 0.411 e. The minimum Gasteiger partial charge on any atom is -0.492 e. The summed E-state index contributed by atoms with van der Waals surface area (Å²) < 4.78 is 38.3. The SMILES string of the molecule is CCOC(=O)Nc1cc(S(=O)(=O)Nc2cccc(Cl)c2C)ccc1OCC. The van der Waals surface area contributed by atoms with Gasteiger partial charge in [0.25, 0.3) is 10.0 Å². The third kappa shape index (κ3) is 5.27. The van der Waals surface area contributed by atoms with E-state index in [1.54, 1.807) is 39.0 Å². The van der Waals surface area contributed by atoms with E-state index in [4.69, 9.17) is 21.1 Å². The lowest BCUT2D eigenvalue weighted by molar-refractivity contribution is 0.167. The summed E-state index contributed by atoms with van der Waals surface area (Å²) in [7, 11) is -3.91. The first-order valence-corrected chi connectivity index (χ1v) is 10.1. The Morgan fingerprint density at radius 3 is 2.52 bits per heavy atom. The van der Waals surface area contributed by atoms with Crippen molar-refractivity contribution in [2.24, 2.45) is 0 Å². The molecule has 9 heteroatoms. The van der Waals surface area contributed by atoms with Gasteiger partial charge in [0, 0.05) is 5.02 Å². The highest BCUT2D eigenvalue weighted by Gasteiger charge is 2.19. The number of ether oxygens (including phenoxy) is 2. The maximum absolute atomic E-state index is 12.8. The number of nitrogens with one attached hydrogen (secondary N) is 2. The van der Waals surface area contributed by atoms with Crippen LogP contribution < -0.4 is 14.8 Å². The van der Waals surface area contributed by atoms with Gasteiger partial charge < -0.3 is 9.47 Å². The number of amides is 1. The van der Waals surface area contributed by atoms with E-state index in [1.807, 2.05) is 0 Å². The number of sulfonamides is 1. The zero-order valence-corrected chi connectivity index (χ0v) is 16.8. The first-order valence-electron chi connectivity index (χ1n) is 8.27. The number of hydrogen-bond acceptors (Lipinski definition) is 5. The Kier molecular flexibility index (Phi) is 6.92. The molecule has 0 aliphatic carbocycles. The van der Waals surface area contributed by atoms with E-state index in [-0.39, 0.29) is 17.2 Å². The molecule has 0 radical (unpaired) electrons. The average Bonchev–Trinajstić information content (AvgIpc) is 2.60. The summed E-state index contributed by atoms with van der Waals surface area (Å²) in [6.07, 6.45) is -0.702. The van der Waals surface area contributed by atoms with Gasteiger partial charge in [-0.3, -0.25) is 10.0 Å².